The van der Waals surface area contributed by atoms with Crippen molar-refractivity contribution in [2.45, 2.75) is 13.0 Å². The summed E-state index contributed by atoms with van der Waals surface area (Å²) in [5, 5.41) is 0. The summed E-state index contributed by atoms with van der Waals surface area (Å²) in [6.45, 7) is 1.65. The van der Waals surface area contributed by atoms with Crippen LogP contribution in [0.4, 0.5) is 0 Å². The zero-order valence-corrected chi connectivity index (χ0v) is 13.1. The summed E-state index contributed by atoms with van der Waals surface area (Å²) in [7, 11) is 0. The maximum absolute atomic E-state index is 11.3. The molecule has 2 aromatic rings. The SMILES string of the molecule is CC(Oc1ccc(-c2ccc(I)cc2)cc1)C(=O)NN. The molecule has 0 heterocycles. The lowest BCUT2D eigenvalue weighted by atomic mass is 10.1. The molecule has 0 aliphatic heterocycles. The summed E-state index contributed by atoms with van der Waals surface area (Å²) in [6.07, 6.45) is -0.621. The highest BCUT2D eigenvalue weighted by atomic mass is 127. The molecule has 0 fully saturated rings. The third-order valence-corrected chi connectivity index (χ3v) is 3.58. The summed E-state index contributed by atoms with van der Waals surface area (Å²) in [5.41, 5.74) is 4.31. The molecule has 5 heteroatoms. The molecule has 0 aliphatic rings. The molecular weight excluding hydrogens is 367 g/mol. The number of nitrogens with two attached hydrogens (primary N) is 1. The Bertz CT molecular complexity index is 582. The fourth-order valence-corrected chi connectivity index (χ4v) is 2.10. The molecule has 0 saturated heterocycles. The van der Waals surface area contributed by atoms with Crippen LogP contribution < -0.4 is 16.0 Å². The third kappa shape index (κ3) is 3.71. The zero-order valence-electron chi connectivity index (χ0n) is 11.0. The molecule has 2 aromatic carbocycles. The Kier molecular flexibility index (Phi) is 4.97. The second-order valence-corrected chi connectivity index (χ2v) is 5.55. The Hall–Kier alpha value is -1.60. The molecule has 0 aliphatic carbocycles. The number of halogens is 1. The summed E-state index contributed by atoms with van der Waals surface area (Å²) < 4.78 is 6.69. The van der Waals surface area contributed by atoms with Gasteiger partial charge in [0.05, 0.1) is 0 Å². The van der Waals surface area contributed by atoms with Crippen molar-refractivity contribution < 1.29 is 9.53 Å². The van der Waals surface area contributed by atoms with Crippen molar-refractivity contribution in [2.75, 3.05) is 0 Å². The number of rotatable bonds is 4. The number of carbonyl (C=O) groups excluding carboxylic acids is 1. The Morgan fingerprint density at radius 1 is 1.10 bits per heavy atom. The fourth-order valence-electron chi connectivity index (χ4n) is 1.74. The van der Waals surface area contributed by atoms with Gasteiger partial charge in [-0.05, 0) is 64.9 Å². The van der Waals surface area contributed by atoms with Gasteiger partial charge in [-0.3, -0.25) is 10.2 Å². The molecule has 2 rings (SSSR count). The lowest BCUT2D eigenvalue weighted by Crippen LogP contribution is -2.40. The zero-order chi connectivity index (χ0) is 14.5. The molecule has 20 heavy (non-hydrogen) atoms. The number of hydrazine groups is 1. The van der Waals surface area contributed by atoms with E-state index in [4.69, 9.17) is 10.6 Å². The first-order chi connectivity index (χ1) is 9.60. The van der Waals surface area contributed by atoms with Gasteiger partial charge in [0.2, 0.25) is 0 Å². The minimum absolute atomic E-state index is 0.355. The number of nitrogens with one attached hydrogen (secondary N) is 1. The van der Waals surface area contributed by atoms with Crippen molar-refractivity contribution in [1.29, 1.82) is 0 Å². The lowest BCUT2D eigenvalue weighted by Gasteiger charge is -2.13. The van der Waals surface area contributed by atoms with Crippen LogP contribution in [0.5, 0.6) is 5.75 Å². The number of hydrogen-bond acceptors (Lipinski definition) is 3. The topological polar surface area (TPSA) is 64.3 Å². The number of benzene rings is 2. The highest BCUT2D eigenvalue weighted by Crippen LogP contribution is 2.23. The molecule has 1 atom stereocenters. The Balaban J connectivity index is 2.10. The van der Waals surface area contributed by atoms with E-state index in [0.29, 0.717) is 5.75 Å². The molecule has 0 bridgehead atoms. The fraction of sp³-hybridized carbons (Fsp3) is 0.133. The van der Waals surface area contributed by atoms with Crippen molar-refractivity contribution >= 4 is 28.5 Å². The predicted octanol–water partition coefficient (Wildman–Crippen LogP) is 2.72. The summed E-state index contributed by atoms with van der Waals surface area (Å²) >= 11 is 2.28. The molecule has 0 saturated carbocycles. The van der Waals surface area contributed by atoms with Gasteiger partial charge in [0, 0.05) is 3.57 Å². The van der Waals surface area contributed by atoms with Crippen molar-refractivity contribution in [1.82, 2.24) is 5.43 Å². The van der Waals surface area contributed by atoms with E-state index in [1.807, 2.05) is 24.3 Å². The highest BCUT2D eigenvalue weighted by molar-refractivity contribution is 14.1. The molecule has 104 valence electrons. The van der Waals surface area contributed by atoms with Crippen molar-refractivity contribution in [2.24, 2.45) is 5.84 Å². The minimum Gasteiger partial charge on any atom is -0.481 e. The van der Waals surface area contributed by atoms with Gasteiger partial charge in [-0.15, -0.1) is 0 Å². The number of amides is 1. The van der Waals surface area contributed by atoms with Crippen LogP contribution in [0.2, 0.25) is 0 Å². The Morgan fingerprint density at radius 3 is 2.10 bits per heavy atom. The highest BCUT2D eigenvalue weighted by Gasteiger charge is 2.12. The van der Waals surface area contributed by atoms with E-state index < -0.39 is 6.10 Å². The average Bonchev–Trinajstić information content (AvgIpc) is 2.48. The molecule has 1 amide bonds. The van der Waals surface area contributed by atoms with Crippen LogP contribution in [0.1, 0.15) is 6.92 Å². The second kappa shape index (κ2) is 6.71. The minimum atomic E-state index is -0.621. The summed E-state index contributed by atoms with van der Waals surface area (Å²) in [5.74, 6) is 5.34. The predicted molar refractivity (Wildman–Crippen MR) is 87.0 cm³/mol. The van der Waals surface area contributed by atoms with Gasteiger partial charge < -0.3 is 4.74 Å². The van der Waals surface area contributed by atoms with Gasteiger partial charge in [-0.2, -0.15) is 0 Å². The van der Waals surface area contributed by atoms with Gasteiger partial charge in [0.15, 0.2) is 6.10 Å². The monoisotopic (exact) mass is 382 g/mol. The van der Waals surface area contributed by atoms with Crippen LogP contribution in [0.3, 0.4) is 0 Å². The largest absolute Gasteiger partial charge is 0.481 e. The first-order valence-electron chi connectivity index (χ1n) is 6.13. The molecule has 0 aromatic heterocycles. The maximum atomic E-state index is 11.3. The Morgan fingerprint density at radius 2 is 1.60 bits per heavy atom. The summed E-state index contributed by atoms with van der Waals surface area (Å²) in [4.78, 5) is 11.3. The van der Waals surface area contributed by atoms with E-state index in [1.165, 1.54) is 3.57 Å². The quantitative estimate of drug-likeness (QED) is 0.370. The van der Waals surface area contributed by atoms with Crippen molar-refractivity contribution in [3.05, 3.63) is 52.1 Å². The molecule has 4 nitrogen and oxygen atoms in total. The van der Waals surface area contributed by atoms with Gasteiger partial charge in [-0.1, -0.05) is 24.3 Å². The standard InChI is InChI=1S/C15H15IN2O2/c1-10(15(19)18-17)20-14-8-4-12(5-9-14)11-2-6-13(16)7-3-11/h2-10H,17H2,1H3,(H,18,19). The lowest BCUT2D eigenvalue weighted by molar-refractivity contribution is -0.127. The van der Waals surface area contributed by atoms with Crippen LogP contribution >= 0.6 is 22.6 Å². The van der Waals surface area contributed by atoms with E-state index >= 15 is 0 Å². The molecule has 3 N–H and O–H groups in total. The van der Waals surface area contributed by atoms with Gasteiger partial charge in [0.25, 0.3) is 5.91 Å². The molecule has 0 spiro atoms. The number of carbonyl (C=O) groups is 1. The summed E-state index contributed by atoms with van der Waals surface area (Å²) in [6, 6.07) is 15.9. The normalized spacial score (nSPS) is 11.8. The van der Waals surface area contributed by atoms with Crippen LogP contribution in [0.15, 0.2) is 48.5 Å². The average molecular weight is 382 g/mol. The smallest absolute Gasteiger partial charge is 0.274 e. The first-order valence-corrected chi connectivity index (χ1v) is 7.21. The third-order valence-electron chi connectivity index (χ3n) is 2.86. The van der Waals surface area contributed by atoms with Crippen LogP contribution in [-0.4, -0.2) is 12.0 Å². The maximum Gasteiger partial charge on any atom is 0.274 e. The van der Waals surface area contributed by atoms with Gasteiger partial charge >= 0.3 is 0 Å². The van der Waals surface area contributed by atoms with Crippen molar-refractivity contribution in [3.63, 3.8) is 0 Å². The number of ether oxygens (including phenoxy) is 1. The van der Waals surface area contributed by atoms with Crippen LogP contribution in [-0.2, 0) is 4.79 Å². The molecular formula is C15H15IN2O2. The van der Waals surface area contributed by atoms with Crippen molar-refractivity contribution in [3.8, 4) is 16.9 Å². The van der Waals surface area contributed by atoms with E-state index in [-0.39, 0.29) is 5.91 Å². The van der Waals surface area contributed by atoms with E-state index in [0.717, 1.165) is 11.1 Å². The van der Waals surface area contributed by atoms with E-state index in [9.17, 15) is 4.79 Å². The molecule has 1 unspecified atom stereocenters. The van der Waals surface area contributed by atoms with E-state index in [1.54, 1.807) is 6.92 Å². The number of hydrogen-bond donors (Lipinski definition) is 2. The Labute approximate surface area is 131 Å². The van der Waals surface area contributed by atoms with Gasteiger partial charge in [0.1, 0.15) is 5.75 Å². The van der Waals surface area contributed by atoms with Crippen LogP contribution in [0, 0.1) is 3.57 Å². The van der Waals surface area contributed by atoms with Gasteiger partial charge in [-0.25, -0.2) is 5.84 Å². The van der Waals surface area contributed by atoms with E-state index in [2.05, 4.69) is 52.3 Å². The van der Waals surface area contributed by atoms with Crippen LogP contribution in [0.25, 0.3) is 11.1 Å². The second-order valence-electron chi connectivity index (χ2n) is 4.30. The molecule has 0 radical (unpaired) electrons. The first kappa shape index (κ1) is 14.8.